The van der Waals surface area contributed by atoms with Crippen LogP contribution in [0.25, 0.3) is 16.8 Å². The Morgan fingerprint density at radius 2 is 1.64 bits per heavy atom. The number of imidazole rings is 1. The number of rotatable bonds is 4. The second-order valence-electron chi connectivity index (χ2n) is 10.9. The van der Waals surface area contributed by atoms with E-state index >= 15 is 0 Å². The molecule has 3 aromatic rings. The van der Waals surface area contributed by atoms with Gasteiger partial charge in [-0.25, -0.2) is 4.98 Å². The van der Waals surface area contributed by atoms with Crippen molar-refractivity contribution < 1.29 is 4.74 Å². The van der Waals surface area contributed by atoms with Crippen molar-refractivity contribution in [1.82, 2.24) is 14.5 Å². The SMILES string of the molecule is Cc1c(-c2ccc(C3=CCCCCC3)cc2)nc2n1CCc1ccccc1C2OC1CCN(C)CC1. The number of hydrogen-bond acceptors (Lipinski definition) is 3. The van der Waals surface area contributed by atoms with Crippen molar-refractivity contribution in [3.63, 3.8) is 0 Å². The van der Waals surface area contributed by atoms with Crippen LogP contribution in [0.1, 0.15) is 79.3 Å². The predicted octanol–water partition coefficient (Wildman–Crippen LogP) is 6.96. The number of nitrogens with zero attached hydrogens (tertiary/aromatic N) is 3. The second kappa shape index (κ2) is 10.4. The molecular weight excluding hydrogens is 442 g/mol. The Kier molecular flexibility index (Phi) is 6.81. The van der Waals surface area contributed by atoms with E-state index in [4.69, 9.17) is 9.72 Å². The summed E-state index contributed by atoms with van der Waals surface area (Å²) in [6.45, 7) is 5.38. The van der Waals surface area contributed by atoms with Gasteiger partial charge in [0.05, 0.1) is 11.8 Å². The van der Waals surface area contributed by atoms with Crippen molar-refractivity contribution in [2.45, 2.75) is 77.0 Å². The highest BCUT2D eigenvalue weighted by atomic mass is 16.5. The largest absolute Gasteiger partial charge is 0.362 e. The topological polar surface area (TPSA) is 30.3 Å². The van der Waals surface area contributed by atoms with E-state index in [0.29, 0.717) is 0 Å². The molecule has 36 heavy (non-hydrogen) atoms. The Hall–Kier alpha value is -2.69. The number of aryl methyl sites for hydroxylation is 1. The molecule has 1 saturated heterocycles. The molecule has 4 nitrogen and oxygen atoms in total. The summed E-state index contributed by atoms with van der Waals surface area (Å²) < 4.78 is 9.34. The van der Waals surface area contributed by atoms with Crippen LogP contribution in [0, 0.1) is 6.92 Å². The zero-order valence-electron chi connectivity index (χ0n) is 21.9. The van der Waals surface area contributed by atoms with E-state index in [1.807, 2.05) is 0 Å². The van der Waals surface area contributed by atoms with E-state index in [0.717, 1.165) is 50.4 Å². The van der Waals surface area contributed by atoms with Gasteiger partial charge in [-0.3, -0.25) is 0 Å². The summed E-state index contributed by atoms with van der Waals surface area (Å²) in [7, 11) is 2.21. The maximum absolute atomic E-state index is 6.91. The van der Waals surface area contributed by atoms with E-state index in [2.05, 4.69) is 78.0 Å². The zero-order chi connectivity index (χ0) is 24.5. The van der Waals surface area contributed by atoms with Crippen molar-refractivity contribution in [1.29, 1.82) is 0 Å². The van der Waals surface area contributed by atoms with Crippen molar-refractivity contribution >= 4 is 5.57 Å². The minimum absolute atomic E-state index is 0.111. The van der Waals surface area contributed by atoms with Crippen LogP contribution < -0.4 is 0 Å². The third-order valence-electron chi connectivity index (χ3n) is 8.49. The molecule has 1 aromatic heterocycles. The number of likely N-dealkylation sites (tertiary alicyclic amines) is 1. The van der Waals surface area contributed by atoms with Gasteiger partial charge >= 0.3 is 0 Å². The molecule has 6 rings (SSSR count). The molecule has 1 aliphatic carbocycles. The van der Waals surface area contributed by atoms with Crippen molar-refractivity contribution in [3.05, 3.63) is 82.8 Å². The number of fused-ring (bicyclic) bond motifs is 2. The molecule has 1 atom stereocenters. The van der Waals surface area contributed by atoms with E-state index in [1.54, 1.807) is 0 Å². The van der Waals surface area contributed by atoms with Gasteiger partial charge in [0.2, 0.25) is 0 Å². The van der Waals surface area contributed by atoms with Crippen LogP contribution in [0.3, 0.4) is 0 Å². The Morgan fingerprint density at radius 3 is 2.47 bits per heavy atom. The smallest absolute Gasteiger partial charge is 0.143 e. The maximum Gasteiger partial charge on any atom is 0.143 e. The molecule has 0 radical (unpaired) electrons. The first-order valence-electron chi connectivity index (χ1n) is 14.0. The molecule has 2 aliphatic heterocycles. The van der Waals surface area contributed by atoms with Crippen LogP contribution in [0.5, 0.6) is 0 Å². The van der Waals surface area contributed by atoms with Gasteiger partial charge in [-0.2, -0.15) is 0 Å². The van der Waals surface area contributed by atoms with Gasteiger partial charge in [0.15, 0.2) is 0 Å². The standard InChI is InChI=1S/C32H39N3O/c1-23-30(27-15-13-25(14-16-27)24-9-5-3-4-6-10-24)33-32-31(36-28-18-20-34(2)21-19-28)29-12-8-7-11-26(29)17-22-35(23)32/h7-9,11-16,28,31H,3-6,10,17-22H2,1-2H3. The summed E-state index contributed by atoms with van der Waals surface area (Å²) in [5, 5.41) is 0. The summed E-state index contributed by atoms with van der Waals surface area (Å²) >= 11 is 0. The molecule has 0 bridgehead atoms. The fraction of sp³-hybridized carbons (Fsp3) is 0.469. The van der Waals surface area contributed by atoms with E-state index < -0.39 is 0 Å². The minimum Gasteiger partial charge on any atom is -0.362 e. The quantitative estimate of drug-likeness (QED) is 0.403. The number of hydrogen-bond donors (Lipinski definition) is 0. The summed E-state index contributed by atoms with van der Waals surface area (Å²) in [6, 6.07) is 18.0. The fourth-order valence-electron chi connectivity index (χ4n) is 6.27. The minimum atomic E-state index is -0.111. The lowest BCUT2D eigenvalue weighted by molar-refractivity contribution is -0.0276. The maximum atomic E-state index is 6.91. The molecule has 2 aromatic carbocycles. The van der Waals surface area contributed by atoms with Crippen LogP contribution in [-0.4, -0.2) is 40.7 Å². The Labute approximate surface area is 216 Å². The number of ether oxygens (including phenoxy) is 1. The third kappa shape index (κ3) is 4.69. The van der Waals surface area contributed by atoms with E-state index in [9.17, 15) is 0 Å². The fourth-order valence-corrected chi connectivity index (χ4v) is 6.27. The predicted molar refractivity (Wildman–Crippen MR) is 147 cm³/mol. The van der Waals surface area contributed by atoms with E-state index in [-0.39, 0.29) is 12.2 Å². The van der Waals surface area contributed by atoms with Crippen LogP contribution in [0.15, 0.2) is 54.6 Å². The lowest BCUT2D eigenvalue weighted by Gasteiger charge is -2.32. The van der Waals surface area contributed by atoms with Gasteiger partial charge in [-0.05, 0) is 81.2 Å². The van der Waals surface area contributed by atoms with Crippen LogP contribution >= 0.6 is 0 Å². The highest BCUT2D eigenvalue weighted by molar-refractivity contribution is 5.70. The average Bonchev–Trinajstić information content (AvgIpc) is 3.07. The lowest BCUT2D eigenvalue weighted by Crippen LogP contribution is -2.35. The molecule has 0 N–H and O–H groups in total. The molecule has 3 heterocycles. The normalized spacial score (nSPS) is 21.3. The number of piperidine rings is 1. The number of aromatic nitrogens is 2. The summed E-state index contributed by atoms with van der Waals surface area (Å²) in [5.41, 5.74) is 9.12. The summed E-state index contributed by atoms with van der Waals surface area (Å²) in [5.74, 6) is 1.07. The van der Waals surface area contributed by atoms with Gasteiger partial charge in [0.1, 0.15) is 11.9 Å². The monoisotopic (exact) mass is 481 g/mol. The first-order chi connectivity index (χ1) is 17.7. The molecule has 0 amide bonds. The van der Waals surface area contributed by atoms with Gasteiger partial charge in [0, 0.05) is 30.9 Å². The van der Waals surface area contributed by atoms with Crippen LogP contribution in [-0.2, 0) is 17.7 Å². The van der Waals surface area contributed by atoms with Crippen LogP contribution in [0.4, 0.5) is 0 Å². The molecule has 1 unspecified atom stereocenters. The highest BCUT2D eigenvalue weighted by Gasteiger charge is 2.32. The molecule has 0 saturated carbocycles. The Morgan fingerprint density at radius 1 is 0.861 bits per heavy atom. The summed E-state index contributed by atoms with van der Waals surface area (Å²) in [4.78, 5) is 7.71. The molecule has 0 spiro atoms. The second-order valence-corrected chi connectivity index (χ2v) is 10.9. The average molecular weight is 482 g/mol. The molecule has 1 fully saturated rings. The van der Waals surface area contributed by atoms with E-state index in [1.165, 1.54) is 65.6 Å². The van der Waals surface area contributed by atoms with Crippen molar-refractivity contribution in [3.8, 4) is 11.3 Å². The number of allylic oxidation sites excluding steroid dienone is 2. The molecular formula is C32H39N3O. The van der Waals surface area contributed by atoms with Gasteiger partial charge < -0.3 is 14.2 Å². The van der Waals surface area contributed by atoms with Crippen molar-refractivity contribution in [2.24, 2.45) is 0 Å². The first kappa shape index (κ1) is 23.7. The van der Waals surface area contributed by atoms with Gasteiger partial charge in [0.25, 0.3) is 0 Å². The van der Waals surface area contributed by atoms with Gasteiger partial charge in [-0.1, -0.05) is 61.0 Å². The lowest BCUT2D eigenvalue weighted by atomic mass is 9.99. The summed E-state index contributed by atoms with van der Waals surface area (Å²) in [6.07, 6.45) is 12.2. The highest BCUT2D eigenvalue weighted by Crippen LogP contribution is 2.38. The molecule has 188 valence electrons. The molecule has 4 heteroatoms. The van der Waals surface area contributed by atoms with Gasteiger partial charge in [-0.15, -0.1) is 0 Å². The van der Waals surface area contributed by atoms with Crippen molar-refractivity contribution in [2.75, 3.05) is 20.1 Å². The van der Waals surface area contributed by atoms with Crippen LogP contribution in [0.2, 0.25) is 0 Å². The first-order valence-corrected chi connectivity index (χ1v) is 14.0. The third-order valence-corrected chi connectivity index (χ3v) is 8.49. The Balaban J connectivity index is 1.34. The Bertz CT molecular complexity index is 1230. The molecule has 3 aliphatic rings. The number of benzene rings is 2. The zero-order valence-corrected chi connectivity index (χ0v) is 21.9.